The van der Waals surface area contributed by atoms with Crippen molar-refractivity contribution in [1.82, 2.24) is 19.6 Å². The smallest absolute Gasteiger partial charge is 0.325 e. The van der Waals surface area contributed by atoms with Crippen LogP contribution in [0, 0.1) is 5.82 Å². The second-order valence-corrected chi connectivity index (χ2v) is 5.78. The van der Waals surface area contributed by atoms with Crippen molar-refractivity contribution in [3.8, 4) is 0 Å². The van der Waals surface area contributed by atoms with Crippen LogP contribution in [-0.2, 0) is 17.9 Å². The van der Waals surface area contributed by atoms with E-state index in [0.717, 1.165) is 4.68 Å². The summed E-state index contributed by atoms with van der Waals surface area (Å²) in [6.07, 6.45) is 4.32. The monoisotopic (exact) mass is 377 g/mol. The molecule has 0 aliphatic rings. The van der Waals surface area contributed by atoms with Crippen LogP contribution in [0.25, 0.3) is 0 Å². The summed E-state index contributed by atoms with van der Waals surface area (Å²) in [7, 11) is 0. The first-order valence-electron chi connectivity index (χ1n) is 7.44. The van der Waals surface area contributed by atoms with Crippen LogP contribution in [0.1, 0.15) is 16.1 Å². The number of carboxylic acids is 1. The van der Waals surface area contributed by atoms with Crippen molar-refractivity contribution in [2.75, 3.05) is 5.32 Å². The molecule has 26 heavy (non-hydrogen) atoms. The predicted octanol–water partition coefficient (Wildman–Crippen LogP) is 2.26. The Morgan fingerprint density at radius 3 is 2.81 bits per heavy atom. The Morgan fingerprint density at radius 1 is 1.27 bits per heavy atom. The first-order valence-corrected chi connectivity index (χ1v) is 7.82. The molecule has 2 N–H and O–H groups in total. The van der Waals surface area contributed by atoms with Gasteiger partial charge in [0.15, 0.2) is 5.69 Å². The molecular formula is C16H13ClFN5O3. The summed E-state index contributed by atoms with van der Waals surface area (Å²) in [6.45, 7) is -0.233. The van der Waals surface area contributed by atoms with E-state index in [2.05, 4.69) is 15.5 Å². The molecule has 10 heteroatoms. The quantitative estimate of drug-likeness (QED) is 0.686. The molecule has 3 aromatic rings. The van der Waals surface area contributed by atoms with Gasteiger partial charge in [-0.1, -0.05) is 17.7 Å². The Bertz CT molecular complexity index is 948. The van der Waals surface area contributed by atoms with Crippen molar-refractivity contribution in [1.29, 1.82) is 0 Å². The number of carbonyl (C=O) groups excluding carboxylic acids is 1. The number of amides is 1. The molecule has 0 spiro atoms. The molecule has 0 aliphatic carbocycles. The van der Waals surface area contributed by atoms with Gasteiger partial charge >= 0.3 is 5.97 Å². The second-order valence-electron chi connectivity index (χ2n) is 5.37. The summed E-state index contributed by atoms with van der Waals surface area (Å²) in [5, 5.41) is 19.5. The third-order valence-corrected chi connectivity index (χ3v) is 3.80. The molecule has 0 unspecified atom stereocenters. The van der Waals surface area contributed by atoms with Crippen LogP contribution < -0.4 is 5.32 Å². The fraction of sp³-hybridized carbons (Fsp3) is 0.125. The zero-order valence-corrected chi connectivity index (χ0v) is 14.0. The number of aliphatic carboxylic acids is 1. The van der Waals surface area contributed by atoms with Crippen molar-refractivity contribution >= 4 is 29.2 Å². The number of halogens is 2. The molecule has 1 aromatic carbocycles. The molecule has 0 radical (unpaired) electrons. The molecule has 0 atom stereocenters. The highest BCUT2D eigenvalue weighted by Crippen LogP contribution is 2.20. The Morgan fingerprint density at radius 2 is 2.08 bits per heavy atom. The van der Waals surface area contributed by atoms with E-state index in [9.17, 15) is 14.0 Å². The van der Waals surface area contributed by atoms with Gasteiger partial charge in [-0.15, -0.1) is 0 Å². The summed E-state index contributed by atoms with van der Waals surface area (Å²) < 4.78 is 16.4. The fourth-order valence-electron chi connectivity index (χ4n) is 2.26. The van der Waals surface area contributed by atoms with Crippen LogP contribution in [-0.4, -0.2) is 36.5 Å². The Balaban J connectivity index is 1.67. The van der Waals surface area contributed by atoms with Gasteiger partial charge in [0.05, 0.1) is 18.4 Å². The molecular weight excluding hydrogens is 365 g/mol. The van der Waals surface area contributed by atoms with Gasteiger partial charge in [0.25, 0.3) is 5.91 Å². The molecule has 0 saturated carbocycles. The van der Waals surface area contributed by atoms with Crippen LogP contribution in [0.4, 0.5) is 10.1 Å². The minimum atomic E-state index is -1.06. The minimum Gasteiger partial charge on any atom is -0.480 e. The van der Waals surface area contributed by atoms with E-state index in [0.29, 0.717) is 11.3 Å². The van der Waals surface area contributed by atoms with Crippen LogP contribution in [0.15, 0.2) is 42.9 Å². The SMILES string of the molecule is O=C(O)Cn1ccc(C(=O)Nc2cnn(Cc3c(F)cccc3Cl)c2)n1. The van der Waals surface area contributed by atoms with Gasteiger partial charge in [-0.25, -0.2) is 4.39 Å². The fourth-order valence-corrected chi connectivity index (χ4v) is 2.49. The highest BCUT2D eigenvalue weighted by molar-refractivity contribution is 6.31. The maximum absolute atomic E-state index is 13.8. The number of hydrogen-bond donors (Lipinski definition) is 2. The van der Waals surface area contributed by atoms with Crippen LogP contribution in [0.3, 0.4) is 0 Å². The zero-order valence-electron chi connectivity index (χ0n) is 13.3. The summed E-state index contributed by atoms with van der Waals surface area (Å²) >= 11 is 5.99. The lowest BCUT2D eigenvalue weighted by Gasteiger charge is -2.05. The lowest BCUT2D eigenvalue weighted by atomic mass is 10.2. The van der Waals surface area contributed by atoms with E-state index in [1.165, 1.54) is 41.5 Å². The van der Waals surface area contributed by atoms with Crippen molar-refractivity contribution in [3.63, 3.8) is 0 Å². The van der Waals surface area contributed by atoms with E-state index in [-0.39, 0.29) is 23.8 Å². The Hall–Kier alpha value is -3.20. The number of nitrogens with zero attached hydrogens (tertiary/aromatic N) is 4. The van der Waals surface area contributed by atoms with E-state index in [4.69, 9.17) is 16.7 Å². The van der Waals surface area contributed by atoms with Gasteiger partial charge in [0, 0.05) is 23.0 Å². The number of carbonyl (C=O) groups is 2. The largest absolute Gasteiger partial charge is 0.480 e. The molecule has 0 fully saturated rings. The lowest BCUT2D eigenvalue weighted by Crippen LogP contribution is -2.14. The molecule has 2 aromatic heterocycles. The summed E-state index contributed by atoms with van der Waals surface area (Å²) in [6, 6.07) is 5.81. The molecule has 8 nitrogen and oxygen atoms in total. The second kappa shape index (κ2) is 7.36. The molecule has 0 saturated heterocycles. The summed E-state index contributed by atoms with van der Waals surface area (Å²) in [5.74, 6) is -2.02. The Labute approximate surface area is 151 Å². The van der Waals surface area contributed by atoms with E-state index in [1.807, 2.05) is 0 Å². The molecule has 0 aliphatic heterocycles. The molecule has 3 rings (SSSR count). The minimum absolute atomic E-state index is 0.0659. The van der Waals surface area contributed by atoms with Crippen LogP contribution >= 0.6 is 11.6 Å². The number of anilines is 1. The maximum atomic E-state index is 13.8. The first-order chi connectivity index (χ1) is 12.4. The first kappa shape index (κ1) is 17.6. The molecule has 2 heterocycles. The highest BCUT2D eigenvalue weighted by atomic mass is 35.5. The molecule has 1 amide bonds. The van der Waals surface area contributed by atoms with Gasteiger partial charge in [-0.2, -0.15) is 10.2 Å². The zero-order chi connectivity index (χ0) is 18.7. The number of nitrogens with one attached hydrogen (secondary N) is 1. The van der Waals surface area contributed by atoms with Gasteiger partial charge in [0.1, 0.15) is 12.4 Å². The molecule has 134 valence electrons. The van der Waals surface area contributed by atoms with E-state index >= 15 is 0 Å². The highest BCUT2D eigenvalue weighted by Gasteiger charge is 2.13. The number of hydrogen-bond acceptors (Lipinski definition) is 4. The number of benzene rings is 1. The third kappa shape index (κ3) is 4.06. The van der Waals surface area contributed by atoms with Crippen molar-refractivity contribution < 1.29 is 19.1 Å². The predicted molar refractivity (Wildman–Crippen MR) is 90.6 cm³/mol. The van der Waals surface area contributed by atoms with Crippen LogP contribution in [0.2, 0.25) is 5.02 Å². The lowest BCUT2D eigenvalue weighted by molar-refractivity contribution is -0.137. The van der Waals surface area contributed by atoms with Crippen molar-refractivity contribution in [2.45, 2.75) is 13.1 Å². The number of aromatic nitrogens is 4. The van der Waals surface area contributed by atoms with Gasteiger partial charge in [-0.3, -0.25) is 19.0 Å². The number of rotatable bonds is 6. The standard InChI is InChI=1S/C16H13ClFN5O3/c17-12-2-1-3-13(18)11(12)8-23-7-10(6-19-23)20-16(26)14-4-5-22(21-14)9-15(24)25/h1-7H,8-9H2,(H,20,26)(H,24,25). The van der Waals surface area contributed by atoms with Gasteiger partial charge in [0.2, 0.25) is 0 Å². The van der Waals surface area contributed by atoms with Crippen molar-refractivity contribution in [2.24, 2.45) is 0 Å². The summed E-state index contributed by atoms with van der Waals surface area (Å²) in [4.78, 5) is 22.8. The van der Waals surface area contributed by atoms with Crippen LogP contribution in [0.5, 0.6) is 0 Å². The average molecular weight is 378 g/mol. The maximum Gasteiger partial charge on any atom is 0.325 e. The number of carboxylic acid groups (broad SMARTS) is 1. The third-order valence-electron chi connectivity index (χ3n) is 3.44. The average Bonchev–Trinajstić information content (AvgIpc) is 3.20. The van der Waals surface area contributed by atoms with Gasteiger partial charge < -0.3 is 10.4 Å². The Kier molecular flexibility index (Phi) is 4.99. The normalized spacial score (nSPS) is 10.7. The van der Waals surface area contributed by atoms with Gasteiger partial charge in [-0.05, 0) is 18.2 Å². The van der Waals surface area contributed by atoms with Crippen molar-refractivity contribution in [3.05, 3.63) is 65.0 Å². The topological polar surface area (TPSA) is 102 Å². The van der Waals surface area contributed by atoms with E-state index in [1.54, 1.807) is 6.07 Å². The molecule has 0 bridgehead atoms. The summed E-state index contributed by atoms with van der Waals surface area (Å²) in [5.41, 5.74) is 0.744. The van der Waals surface area contributed by atoms with E-state index < -0.39 is 17.7 Å².